The van der Waals surface area contributed by atoms with Crippen LogP contribution in [0.3, 0.4) is 0 Å². The van der Waals surface area contributed by atoms with Gasteiger partial charge in [-0.1, -0.05) is 23.7 Å². The molecule has 2 saturated heterocycles. The summed E-state index contributed by atoms with van der Waals surface area (Å²) in [4.78, 5) is 41.3. The van der Waals surface area contributed by atoms with Crippen LogP contribution in [-0.2, 0) is 11.3 Å². The highest BCUT2D eigenvalue weighted by Gasteiger charge is 2.52. The smallest absolute Gasteiger partial charge is 0.325 e. The number of methoxy groups -OCH3 is 1. The highest BCUT2D eigenvalue weighted by atomic mass is 35.5. The van der Waals surface area contributed by atoms with E-state index in [0.717, 1.165) is 5.56 Å². The predicted molar refractivity (Wildman–Crippen MR) is 111 cm³/mol. The molecule has 1 N–H and O–H groups in total. The lowest BCUT2D eigenvalue weighted by molar-refractivity contribution is -0.133. The minimum absolute atomic E-state index is 0.0951. The number of urea groups is 1. The summed E-state index contributed by atoms with van der Waals surface area (Å²) >= 11 is 5.90. The number of nitrogens with zero attached hydrogens (tertiary/aromatic N) is 2. The van der Waals surface area contributed by atoms with Crippen LogP contribution in [0.15, 0.2) is 48.5 Å². The van der Waals surface area contributed by atoms with Gasteiger partial charge in [-0.3, -0.25) is 14.5 Å². The molecule has 2 aliphatic rings. The summed E-state index contributed by atoms with van der Waals surface area (Å²) in [5, 5.41) is 3.47. The Bertz CT molecular complexity index is 967. The summed E-state index contributed by atoms with van der Waals surface area (Å²) in [6.45, 7) is 0.982. The molecule has 0 radical (unpaired) electrons. The fourth-order valence-electron chi connectivity index (χ4n) is 3.94. The van der Waals surface area contributed by atoms with Gasteiger partial charge in [0, 0.05) is 23.7 Å². The lowest BCUT2D eigenvalue weighted by Crippen LogP contribution is -2.55. The van der Waals surface area contributed by atoms with Crippen molar-refractivity contribution < 1.29 is 19.1 Å². The fourth-order valence-corrected chi connectivity index (χ4v) is 4.06. The van der Waals surface area contributed by atoms with Gasteiger partial charge in [-0.05, 0) is 54.8 Å². The van der Waals surface area contributed by atoms with E-state index in [0.29, 0.717) is 42.3 Å². The maximum atomic E-state index is 13.1. The molecule has 2 aromatic rings. The van der Waals surface area contributed by atoms with Crippen molar-refractivity contribution in [3.05, 3.63) is 64.7 Å². The van der Waals surface area contributed by atoms with Crippen molar-refractivity contribution in [1.29, 1.82) is 0 Å². The van der Waals surface area contributed by atoms with Gasteiger partial charge in [0.05, 0.1) is 13.7 Å². The normalized spacial score (nSPS) is 17.9. The van der Waals surface area contributed by atoms with Crippen LogP contribution in [0.4, 0.5) is 4.79 Å². The van der Waals surface area contributed by atoms with E-state index in [4.69, 9.17) is 16.3 Å². The van der Waals surface area contributed by atoms with E-state index in [9.17, 15) is 14.4 Å². The molecule has 0 unspecified atom stereocenters. The number of benzene rings is 2. The number of hydrogen-bond acceptors (Lipinski definition) is 4. The van der Waals surface area contributed by atoms with Gasteiger partial charge < -0.3 is 15.0 Å². The summed E-state index contributed by atoms with van der Waals surface area (Å²) in [6, 6.07) is 13.6. The number of likely N-dealkylation sites (tertiary alicyclic amines) is 1. The molecule has 4 rings (SSSR count). The van der Waals surface area contributed by atoms with E-state index in [1.165, 1.54) is 4.90 Å². The molecule has 0 bridgehead atoms. The molecule has 0 aromatic heterocycles. The van der Waals surface area contributed by atoms with Crippen LogP contribution in [0, 0.1) is 0 Å². The molecule has 0 saturated carbocycles. The SMILES string of the molecule is COc1ccc(C(=O)N2CCC3(CC2)NC(=O)N(Cc2ccc(Cl)cc2)C3=O)cc1. The van der Waals surface area contributed by atoms with Crippen LogP contribution in [0.1, 0.15) is 28.8 Å². The van der Waals surface area contributed by atoms with Crippen molar-refractivity contribution in [2.75, 3.05) is 20.2 Å². The Kier molecular flexibility index (Phi) is 5.39. The number of amides is 4. The average Bonchev–Trinajstić information content (AvgIpc) is 2.99. The van der Waals surface area contributed by atoms with Crippen LogP contribution in [0.5, 0.6) is 5.75 Å². The van der Waals surface area contributed by atoms with Crippen molar-refractivity contribution in [2.45, 2.75) is 24.9 Å². The molecule has 0 aliphatic carbocycles. The number of carbonyl (C=O) groups excluding carboxylic acids is 3. The molecule has 2 fully saturated rings. The molecule has 1 spiro atoms. The lowest BCUT2D eigenvalue weighted by atomic mass is 9.87. The van der Waals surface area contributed by atoms with E-state index in [1.54, 1.807) is 60.5 Å². The molecule has 4 amide bonds. The van der Waals surface area contributed by atoms with Gasteiger partial charge in [-0.15, -0.1) is 0 Å². The van der Waals surface area contributed by atoms with Crippen molar-refractivity contribution >= 4 is 29.4 Å². The van der Waals surface area contributed by atoms with E-state index >= 15 is 0 Å². The summed E-state index contributed by atoms with van der Waals surface area (Å²) in [5.41, 5.74) is 0.449. The molecule has 2 aromatic carbocycles. The predicted octanol–water partition coefficient (Wildman–Crippen LogP) is 3.08. The number of halogens is 1. The van der Waals surface area contributed by atoms with Crippen LogP contribution in [0.2, 0.25) is 5.02 Å². The summed E-state index contributed by atoms with van der Waals surface area (Å²) in [7, 11) is 1.57. The molecule has 8 heteroatoms. The second-order valence-electron chi connectivity index (χ2n) is 7.55. The van der Waals surface area contributed by atoms with Crippen molar-refractivity contribution in [2.24, 2.45) is 0 Å². The Morgan fingerprint density at radius 3 is 2.30 bits per heavy atom. The second-order valence-corrected chi connectivity index (χ2v) is 7.99. The molecular formula is C22H22ClN3O4. The topological polar surface area (TPSA) is 79.0 Å². The molecule has 2 aliphatic heterocycles. The van der Waals surface area contributed by atoms with Gasteiger partial charge in [-0.2, -0.15) is 0 Å². The van der Waals surface area contributed by atoms with Gasteiger partial charge in [0.2, 0.25) is 0 Å². The molecule has 156 valence electrons. The zero-order valence-corrected chi connectivity index (χ0v) is 17.3. The van der Waals surface area contributed by atoms with Crippen LogP contribution >= 0.6 is 11.6 Å². The van der Waals surface area contributed by atoms with Crippen molar-refractivity contribution in [3.8, 4) is 5.75 Å². The van der Waals surface area contributed by atoms with Gasteiger partial charge >= 0.3 is 6.03 Å². The number of rotatable bonds is 4. The van der Waals surface area contributed by atoms with E-state index < -0.39 is 11.6 Å². The zero-order chi connectivity index (χ0) is 21.3. The third-order valence-electron chi connectivity index (χ3n) is 5.74. The Hall–Kier alpha value is -3.06. The minimum Gasteiger partial charge on any atom is -0.497 e. The summed E-state index contributed by atoms with van der Waals surface area (Å²) in [5.74, 6) is 0.352. The second kappa shape index (κ2) is 7.99. The Labute approximate surface area is 179 Å². The van der Waals surface area contributed by atoms with Crippen LogP contribution in [-0.4, -0.2) is 53.4 Å². The molecule has 7 nitrogen and oxygen atoms in total. The third kappa shape index (κ3) is 3.73. The number of piperidine rings is 1. The first-order chi connectivity index (χ1) is 14.4. The fraction of sp³-hybridized carbons (Fsp3) is 0.318. The molecular weight excluding hydrogens is 406 g/mol. The van der Waals surface area contributed by atoms with E-state index in [1.807, 2.05) is 0 Å². The zero-order valence-electron chi connectivity index (χ0n) is 16.6. The largest absolute Gasteiger partial charge is 0.497 e. The first-order valence-electron chi connectivity index (χ1n) is 9.74. The minimum atomic E-state index is -0.944. The Morgan fingerprint density at radius 1 is 1.07 bits per heavy atom. The number of carbonyl (C=O) groups is 3. The molecule has 30 heavy (non-hydrogen) atoms. The number of ether oxygens (including phenoxy) is 1. The maximum Gasteiger partial charge on any atom is 0.325 e. The molecule has 0 atom stereocenters. The monoisotopic (exact) mass is 427 g/mol. The van der Waals surface area contributed by atoms with Crippen LogP contribution < -0.4 is 10.1 Å². The summed E-state index contributed by atoms with van der Waals surface area (Å²) in [6.07, 6.45) is 0.771. The molecule has 2 heterocycles. The highest BCUT2D eigenvalue weighted by Crippen LogP contribution is 2.31. The van der Waals surface area contributed by atoms with Gasteiger partial charge in [-0.25, -0.2) is 4.79 Å². The lowest BCUT2D eigenvalue weighted by Gasteiger charge is -2.37. The van der Waals surface area contributed by atoms with E-state index in [-0.39, 0.29) is 18.4 Å². The Balaban J connectivity index is 1.41. The summed E-state index contributed by atoms with van der Waals surface area (Å²) < 4.78 is 5.12. The first kappa shape index (κ1) is 20.2. The average molecular weight is 428 g/mol. The van der Waals surface area contributed by atoms with Crippen molar-refractivity contribution in [1.82, 2.24) is 15.1 Å². The van der Waals surface area contributed by atoms with Gasteiger partial charge in [0.15, 0.2) is 0 Å². The third-order valence-corrected chi connectivity index (χ3v) is 5.99. The highest BCUT2D eigenvalue weighted by molar-refractivity contribution is 6.30. The number of nitrogens with one attached hydrogen (secondary N) is 1. The van der Waals surface area contributed by atoms with Crippen molar-refractivity contribution in [3.63, 3.8) is 0 Å². The number of hydrogen-bond donors (Lipinski definition) is 1. The quantitative estimate of drug-likeness (QED) is 0.760. The standard InChI is InChI=1S/C22H22ClN3O4/c1-30-18-8-4-16(5-9-18)19(27)25-12-10-22(11-13-25)20(28)26(21(29)24-22)14-15-2-6-17(23)7-3-15/h2-9H,10-14H2,1H3,(H,24,29). The van der Waals surface area contributed by atoms with Crippen LogP contribution in [0.25, 0.3) is 0 Å². The van der Waals surface area contributed by atoms with Gasteiger partial charge in [0.25, 0.3) is 11.8 Å². The van der Waals surface area contributed by atoms with Gasteiger partial charge in [0.1, 0.15) is 11.3 Å². The first-order valence-corrected chi connectivity index (χ1v) is 10.1. The maximum absolute atomic E-state index is 13.1. The van der Waals surface area contributed by atoms with E-state index in [2.05, 4.69) is 5.32 Å². The Morgan fingerprint density at radius 2 is 1.70 bits per heavy atom. The number of imide groups is 1.